The Morgan fingerprint density at radius 1 is 1.27 bits per heavy atom. The maximum Gasteiger partial charge on any atom is 0.0785 e. The van der Waals surface area contributed by atoms with Crippen molar-refractivity contribution >= 4 is 0 Å². The first-order valence-electron chi connectivity index (χ1n) is 5.76. The number of aliphatic hydroxyl groups is 1. The van der Waals surface area contributed by atoms with Crippen LogP contribution in [0.3, 0.4) is 0 Å². The average molecular weight is 219 g/mol. The first kappa shape index (κ1) is 14.8. The maximum absolute atomic E-state index is 9.33. The van der Waals surface area contributed by atoms with Crippen LogP contribution in [0.4, 0.5) is 0 Å². The summed E-state index contributed by atoms with van der Waals surface area (Å²) >= 11 is 0. The van der Waals surface area contributed by atoms with E-state index in [1.807, 2.05) is 0 Å². The number of aliphatic hydroxyl groups excluding tert-OH is 1. The van der Waals surface area contributed by atoms with E-state index >= 15 is 0 Å². The average Bonchev–Trinajstić information content (AvgIpc) is 2.22. The lowest BCUT2D eigenvalue weighted by Crippen LogP contribution is -2.26. The fourth-order valence-corrected chi connectivity index (χ4v) is 1.16. The van der Waals surface area contributed by atoms with E-state index in [2.05, 4.69) is 12.2 Å². The zero-order valence-corrected chi connectivity index (χ0v) is 10.00. The van der Waals surface area contributed by atoms with Gasteiger partial charge in [0.1, 0.15) is 0 Å². The van der Waals surface area contributed by atoms with Crippen molar-refractivity contribution < 1.29 is 14.6 Å². The second-order valence-electron chi connectivity index (χ2n) is 3.61. The molecular formula is C11H25NO3. The summed E-state index contributed by atoms with van der Waals surface area (Å²) in [6.07, 6.45) is 2.68. The summed E-state index contributed by atoms with van der Waals surface area (Å²) in [5.41, 5.74) is 0. The van der Waals surface area contributed by atoms with E-state index in [0.717, 1.165) is 39.1 Å². The van der Waals surface area contributed by atoms with Crippen molar-refractivity contribution in [3.63, 3.8) is 0 Å². The topological polar surface area (TPSA) is 50.7 Å². The highest BCUT2D eigenvalue weighted by Crippen LogP contribution is 1.90. The highest BCUT2D eigenvalue weighted by atomic mass is 16.5. The van der Waals surface area contributed by atoms with Crippen LogP contribution in [0.2, 0.25) is 0 Å². The lowest BCUT2D eigenvalue weighted by atomic mass is 10.3. The second kappa shape index (κ2) is 11.9. The Bertz CT molecular complexity index is 122. The minimum Gasteiger partial charge on any atom is -0.391 e. The summed E-state index contributed by atoms with van der Waals surface area (Å²) in [4.78, 5) is 0. The Kier molecular flexibility index (Phi) is 11.8. The predicted molar refractivity (Wildman–Crippen MR) is 61.1 cm³/mol. The number of nitrogens with one attached hydrogen (secondary N) is 1. The molecule has 0 aromatic carbocycles. The molecular weight excluding hydrogens is 194 g/mol. The van der Waals surface area contributed by atoms with Gasteiger partial charge >= 0.3 is 0 Å². The second-order valence-corrected chi connectivity index (χ2v) is 3.61. The highest BCUT2D eigenvalue weighted by molar-refractivity contribution is 4.56. The molecule has 0 bridgehead atoms. The van der Waals surface area contributed by atoms with Gasteiger partial charge in [-0.15, -0.1) is 0 Å². The van der Waals surface area contributed by atoms with Crippen molar-refractivity contribution in [2.24, 2.45) is 0 Å². The van der Waals surface area contributed by atoms with Gasteiger partial charge in [0.05, 0.1) is 19.3 Å². The van der Waals surface area contributed by atoms with Crippen molar-refractivity contribution in [1.82, 2.24) is 5.32 Å². The summed E-state index contributed by atoms with van der Waals surface area (Å²) in [5.74, 6) is 0. The van der Waals surface area contributed by atoms with Crippen LogP contribution in [-0.2, 0) is 9.47 Å². The molecule has 0 amide bonds. The SMILES string of the molecule is CCCCOCCNCCC(O)COC. The van der Waals surface area contributed by atoms with Gasteiger partial charge in [0.2, 0.25) is 0 Å². The molecule has 15 heavy (non-hydrogen) atoms. The van der Waals surface area contributed by atoms with Gasteiger partial charge in [0.25, 0.3) is 0 Å². The van der Waals surface area contributed by atoms with E-state index in [0.29, 0.717) is 6.61 Å². The van der Waals surface area contributed by atoms with Crippen molar-refractivity contribution in [1.29, 1.82) is 0 Å². The molecule has 1 unspecified atom stereocenters. The molecule has 0 spiro atoms. The molecule has 0 rings (SSSR count). The molecule has 0 aromatic heterocycles. The van der Waals surface area contributed by atoms with Crippen LogP contribution in [0.25, 0.3) is 0 Å². The number of unbranched alkanes of at least 4 members (excludes halogenated alkanes) is 1. The van der Waals surface area contributed by atoms with Gasteiger partial charge in [-0.05, 0) is 19.4 Å². The van der Waals surface area contributed by atoms with Gasteiger partial charge in [0.15, 0.2) is 0 Å². The fraction of sp³-hybridized carbons (Fsp3) is 1.00. The lowest BCUT2D eigenvalue weighted by molar-refractivity contribution is 0.0588. The Balaban J connectivity index is 2.98. The molecule has 92 valence electrons. The smallest absolute Gasteiger partial charge is 0.0785 e. The van der Waals surface area contributed by atoms with E-state index in [1.165, 1.54) is 6.42 Å². The standard InChI is InChI=1S/C11H25NO3/c1-3-4-8-15-9-7-12-6-5-11(13)10-14-2/h11-13H,3-10H2,1-2H3. The Labute approximate surface area is 93.0 Å². The molecule has 4 heteroatoms. The van der Waals surface area contributed by atoms with Crippen molar-refractivity contribution in [2.45, 2.75) is 32.3 Å². The number of methoxy groups -OCH3 is 1. The third kappa shape index (κ3) is 11.8. The summed E-state index contributed by atoms with van der Waals surface area (Å²) in [7, 11) is 1.60. The molecule has 1 atom stereocenters. The predicted octanol–water partition coefficient (Wildman–Crippen LogP) is 0.790. The van der Waals surface area contributed by atoms with E-state index in [4.69, 9.17) is 9.47 Å². The highest BCUT2D eigenvalue weighted by Gasteiger charge is 2.01. The molecule has 0 fully saturated rings. The molecule has 0 heterocycles. The van der Waals surface area contributed by atoms with Crippen LogP contribution >= 0.6 is 0 Å². The van der Waals surface area contributed by atoms with Crippen LogP contribution in [0.5, 0.6) is 0 Å². The molecule has 0 saturated heterocycles. The minimum absolute atomic E-state index is 0.358. The van der Waals surface area contributed by atoms with Crippen LogP contribution in [-0.4, -0.2) is 51.2 Å². The van der Waals surface area contributed by atoms with E-state index in [-0.39, 0.29) is 6.10 Å². The zero-order valence-electron chi connectivity index (χ0n) is 10.00. The van der Waals surface area contributed by atoms with Crippen molar-refractivity contribution in [3.8, 4) is 0 Å². The Hall–Kier alpha value is -0.160. The van der Waals surface area contributed by atoms with Gasteiger partial charge in [0, 0.05) is 20.3 Å². The number of hydrogen-bond donors (Lipinski definition) is 2. The molecule has 2 N–H and O–H groups in total. The van der Waals surface area contributed by atoms with Gasteiger partial charge in [-0.1, -0.05) is 13.3 Å². The van der Waals surface area contributed by atoms with Crippen LogP contribution in [0.15, 0.2) is 0 Å². The Morgan fingerprint density at radius 2 is 2.07 bits per heavy atom. The largest absolute Gasteiger partial charge is 0.391 e. The molecule has 0 aromatic rings. The number of ether oxygens (including phenoxy) is 2. The maximum atomic E-state index is 9.33. The number of hydrogen-bond acceptors (Lipinski definition) is 4. The Morgan fingerprint density at radius 3 is 2.73 bits per heavy atom. The molecule has 0 aliphatic heterocycles. The van der Waals surface area contributed by atoms with E-state index in [1.54, 1.807) is 7.11 Å². The molecule has 0 aliphatic carbocycles. The van der Waals surface area contributed by atoms with Gasteiger partial charge in [-0.2, -0.15) is 0 Å². The summed E-state index contributed by atoms with van der Waals surface area (Å²) < 4.78 is 10.2. The van der Waals surface area contributed by atoms with Gasteiger partial charge in [-0.25, -0.2) is 0 Å². The van der Waals surface area contributed by atoms with Gasteiger partial charge < -0.3 is 19.9 Å². The molecule has 4 nitrogen and oxygen atoms in total. The van der Waals surface area contributed by atoms with E-state index in [9.17, 15) is 5.11 Å². The third-order valence-corrected chi connectivity index (χ3v) is 2.08. The molecule has 0 aliphatic rings. The molecule has 0 radical (unpaired) electrons. The monoisotopic (exact) mass is 219 g/mol. The zero-order chi connectivity index (χ0) is 11.4. The van der Waals surface area contributed by atoms with Crippen molar-refractivity contribution in [3.05, 3.63) is 0 Å². The fourth-order valence-electron chi connectivity index (χ4n) is 1.16. The molecule has 0 saturated carbocycles. The first-order chi connectivity index (χ1) is 7.31. The van der Waals surface area contributed by atoms with E-state index < -0.39 is 0 Å². The van der Waals surface area contributed by atoms with Crippen LogP contribution in [0.1, 0.15) is 26.2 Å². The normalized spacial score (nSPS) is 13.0. The minimum atomic E-state index is -0.358. The van der Waals surface area contributed by atoms with Crippen LogP contribution < -0.4 is 5.32 Å². The van der Waals surface area contributed by atoms with Crippen LogP contribution in [0, 0.1) is 0 Å². The summed E-state index contributed by atoms with van der Waals surface area (Å²) in [6.45, 7) is 5.82. The summed E-state index contributed by atoms with van der Waals surface area (Å²) in [6, 6.07) is 0. The number of rotatable bonds is 11. The lowest BCUT2D eigenvalue weighted by Gasteiger charge is -2.10. The first-order valence-corrected chi connectivity index (χ1v) is 5.76. The summed E-state index contributed by atoms with van der Waals surface area (Å²) in [5, 5.41) is 12.5. The quantitative estimate of drug-likeness (QED) is 0.504. The van der Waals surface area contributed by atoms with Crippen molar-refractivity contribution in [2.75, 3.05) is 40.0 Å². The third-order valence-electron chi connectivity index (χ3n) is 2.08. The van der Waals surface area contributed by atoms with Gasteiger partial charge in [-0.3, -0.25) is 0 Å².